The second-order valence-corrected chi connectivity index (χ2v) is 13.1. The number of halogens is 2. The number of fused-ring (bicyclic) bond motifs is 1. The molecule has 4 heterocycles. The number of hydrogen-bond donors (Lipinski definition) is 1. The van der Waals surface area contributed by atoms with E-state index in [2.05, 4.69) is 44.5 Å². The lowest BCUT2D eigenvalue weighted by molar-refractivity contribution is 0.0500. The minimum Gasteiger partial charge on any atom is -0.490 e. The average molecular weight is 630 g/mol. The molecule has 0 bridgehead atoms. The molecule has 0 aliphatic carbocycles. The third-order valence-corrected chi connectivity index (χ3v) is 8.61. The van der Waals surface area contributed by atoms with E-state index in [9.17, 15) is 4.79 Å². The molecule has 2 aliphatic rings. The zero-order valence-electron chi connectivity index (χ0n) is 27.3. The number of likely N-dealkylation sites (N-methyl/N-ethyl adjacent to an activating group) is 2. The van der Waals surface area contributed by atoms with Gasteiger partial charge in [-0.1, -0.05) is 0 Å². The summed E-state index contributed by atoms with van der Waals surface area (Å²) < 4.78 is 39.3. The molecule has 246 valence electrons. The van der Waals surface area contributed by atoms with Gasteiger partial charge < -0.3 is 24.8 Å². The van der Waals surface area contributed by atoms with Gasteiger partial charge in [0.2, 0.25) is 5.95 Å². The number of hydrogen-bond acceptors (Lipinski definition) is 11. The fourth-order valence-corrected chi connectivity index (χ4v) is 6.35. The Labute approximate surface area is 262 Å². The van der Waals surface area contributed by atoms with Gasteiger partial charge in [-0.05, 0) is 90.8 Å². The number of aromatic nitrogens is 6. The van der Waals surface area contributed by atoms with Crippen molar-refractivity contribution in [2.24, 2.45) is 7.05 Å². The molecule has 13 nitrogen and oxygen atoms in total. The number of nitrogens with one attached hydrogen (secondary N) is 1. The lowest BCUT2D eigenvalue weighted by atomic mass is 9.84. The van der Waals surface area contributed by atoms with E-state index in [-0.39, 0.29) is 53.6 Å². The first kappa shape index (κ1) is 32.7. The zero-order chi connectivity index (χ0) is 32.5. The molecule has 3 aromatic rings. The molecule has 0 spiro atoms. The lowest BCUT2D eigenvalue weighted by Crippen LogP contribution is -2.55. The molecule has 1 N–H and O–H groups in total. The average Bonchev–Trinajstić information content (AvgIpc) is 3.57. The van der Waals surface area contributed by atoms with Crippen LogP contribution >= 0.6 is 0 Å². The first-order valence-corrected chi connectivity index (χ1v) is 15.4. The summed E-state index contributed by atoms with van der Waals surface area (Å²) in [6.45, 7) is 7.18. The van der Waals surface area contributed by atoms with Crippen molar-refractivity contribution < 1.29 is 13.5 Å². The molecular formula is C30H45F2N11O2. The molecule has 2 aromatic heterocycles. The summed E-state index contributed by atoms with van der Waals surface area (Å²) in [7, 11) is 9.07. The number of nitrogens with zero attached hydrogens (tertiary/aromatic N) is 10. The van der Waals surface area contributed by atoms with Crippen LogP contribution in [0, 0.1) is 11.6 Å². The summed E-state index contributed by atoms with van der Waals surface area (Å²) in [6.07, 6.45) is 5.15. The molecule has 2 fully saturated rings. The molecule has 0 radical (unpaired) electrons. The van der Waals surface area contributed by atoms with Gasteiger partial charge in [0.1, 0.15) is 18.0 Å². The highest BCUT2D eigenvalue weighted by atomic mass is 19.1. The fraction of sp³-hybridized carbons (Fsp3) is 0.633. The van der Waals surface area contributed by atoms with Crippen LogP contribution in [0.5, 0.6) is 5.75 Å². The van der Waals surface area contributed by atoms with Crippen LogP contribution in [0.4, 0.5) is 26.2 Å². The molecule has 2 atom stereocenters. The Hall–Kier alpha value is -3.69. The van der Waals surface area contributed by atoms with Crippen LogP contribution in [-0.4, -0.2) is 123 Å². The first-order chi connectivity index (χ1) is 21.3. The molecule has 0 amide bonds. The van der Waals surface area contributed by atoms with E-state index in [0.29, 0.717) is 19.1 Å². The minimum absolute atomic E-state index is 0.0184. The molecule has 2 saturated heterocycles. The van der Waals surface area contributed by atoms with E-state index in [1.807, 2.05) is 38.0 Å². The Balaban J connectivity index is 1.52. The monoisotopic (exact) mass is 629 g/mol. The summed E-state index contributed by atoms with van der Waals surface area (Å²) in [5.74, 6) is -0.856. The molecular weight excluding hydrogens is 584 g/mol. The minimum atomic E-state index is -0.618. The van der Waals surface area contributed by atoms with Crippen LogP contribution in [0.3, 0.4) is 0 Å². The Kier molecular flexibility index (Phi) is 9.70. The Morgan fingerprint density at radius 1 is 1.07 bits per heavy atom. The van der Waals surface area contributed by atoms with E-state index >= 15 is 8.78 Å². The summed E-state index contributed by atoms with van der Waals surface area (Å²) in [5, 5.41) is 11.2. The van der Waals surface area contributed by atoms with Crippen molar-refractivity contribution in [1.29, 1.82) is 0 Å². The maximum atomic E-state index is 16.0. The highest BCUT2D eigenvalue weighted by Crippen LogP contribution is 2.39. The van der Waals surface area contributed by atoms with Crippen LogP contribution in [0.1, 0.15) is 39.5 Å². The van der Waals surface area contributed by atoms with Crippen molar-refractivity contribution in [1.82, 2.24) is 44.5 Å². The maximum absolute atomic E-state index is 16.0. The second kappa shape index (κ2) is 13.3. The summed E-state index contributed by atoms with van der Waals surface area (Å²) in [5.41, 5.74) is -0.243. The molecule has 2 aliphatic heterocycles. The van der Waals surface area contributed by atoms with Gasteiger partial charge >= 0.3 is 5.69 Å². The van der Waals surface area contributed by atoms with E-state index < -0.39 is 17.3 Å². The molecule has 5 rings (SSSR count). The van der Waals surface area contributed by atoms with Crippen molar-refractivity contribution >= 4 is 17.5 Å². The summed E-state index contributed by atoms with van der Waals surface area (Å²) in [4.78, 5) is 29.8. The van der Waals surface area contributed by atoms with Crippen molar-refractivity contribution in [3.63, 3.8) is 0 Å². The van der Waals surface area contributed by atoms with Crippen molar-refractivity contribution in [2.45, 2.75) is 57.2 Å². The smallest absolute Gasteiger partial charge is 0.368 e. The molecule has 0 unspecified atom stereocenters. The van der Waals surface area contributed by atoms with Crippen LogP contribution in [0.2, 0.25) is 0 Å². The van der Waals surface area contributed by atoms with Gasteiger partial charge in [0, 0.05) is 50.4 Å². The van der Waals surface area contributed by atoms with Crippen molar-refractivity contribution in [3.8, 4) is 11.4 Å². The quantitative estimate of drug-likeness (QED) is 0.319. The Morgan fingerprint density at radius 3 is 2.51 bits per heavy atom. The normalized spacial score (nSPS) is 19.7. The van der Waals surface area contributed by atoms with Crippen molar-refractivity contribution in [3.05, 3.63) is 40.4 Å². The largest absolute Gasteiger partial charge is 0.490 e. The number of benzene rings is 1. The lowest BCUT2D eigenvalue weighted by Gasteiger charge is -2.47. The number of tetrazole rings is 1. The van der Waals surface area contributed by atoms with Gasteiger partial charge in [-0.15, -0.1) is 0 Å². The van der Waals surface area contributed by atoms with Crippen LogP contribution in [-0.2, 0) is 7.05 Å². The van der Waals surface area contributed by atoms with E-state index in [4.69, 9.17) is 4.74 Å². The van der Waals surface area contributed by atoms with E-state index in [1.165, 1.54) is 25.6 Å². The zero-order valence-corrected chi connectivity index (χ0v) is 27.3. The van der Waals surface area contributed by atoms with E-state index in [1.54, 1.807) is 4.90 Å². The maximum Gasteiger partial charge on any atom is 0.368 e. The predicted molar refractivity (Wildman–Crippen MR) is 169 cm³/mol. The van der Waals surface area contributed by atoms with Gasteiger partial charge in [0.25, 0.3) is 0 Å². The fourth-order valence-electron chi connectivity index (χ4n) is 6.35. The summed E-state index contributed by atoms with van der Waals surface area (Å²) >= 11 is 0. The van der Waals surface area contributed by atoms with E-state index in [0.717, 1.165) is 41.4 Å². The Morgan fingerprint density at radius 2 is 1.82 bits per heavy atom. The third-order valence-electron chi connectivity index (χ3n) is 8.61. The predicted octanol–water partition coefficient (Wildman–Crippen LogP) is 2.49. The van der Waals surface area contributed by atoms with Crippen LogP contribution in [0.25, 0.3) is 5.69 Å². The molecule has 15 heteroatoms. The van der Waals surface area contributed by atoms with Gasteiger partial charge in [-0.2, -0.15) is 14.3 Å². The number of ether oxygens (including phenoxy) is 1. The number of aryl methyl sites for hydroxylation is 1. The SMILES string of the molecule is CN(C)CCOc1cc(F)c(N(CCN(C)C)c2ncc(F)c(N[C@@H]3C[C@H]4CCCN4C(C)(C)C3)n2)cc1-n1nnn(C)c1=O. The number of anilines is 3. The van der Waals surface area contributed by atoms with Gasteiger partial charge in [0.15, 0.2) is 17.5 Å². The van der Waals surface area contributed by atoms with Gasteiger partial charge in [0.05, 0.1) is 11.9 Å². The summed E-state index contributed by atoms with van der Waals surface area (Å²) in [6, 6.07) is 3.18. The Bertz CT molecular complexity index is 1540. The number of piperidine rings is 1. The third kappa shape index (κ3) is 7.25. The molecule has 1 aromatic carbocycles. The van der Waals surface area contributed by atoms with Gasteiger partial charge in [-0.3, -0.25) is 4.90 Å². The van der Waals surface area contributed by atoms with Crippen LogP contribution in [0.15, 0.2) is 23.1 Å². The topological polar surface area (TPSA) is 113 Å². The molecule has 0 saturated carbocycles. The first-order valence-electron chi connectivity index (χ1n) is 15.4. The van der Waals surface area contributed by atoms with Crippen molar-refractivity contribution in [2.75, 3.05) is 71.2 Å². The molecule has 45 heavy (non-hydrogen) atoms. The van der Waals surface area contributed by atoms with Crippen LogP contribution < -0.4 is 20.6 Å². The highest BCUT2D eigenvalue weighted by Gasteiger charge is 2.43. The van der Waals surface area contributed by atoms with Gasteiger partial charge in [-0.25, -0.2) is 18.6 Å². The number of rotatable bonds is 12. The highest BCUT2D eigenvalue weighted by molar-refractivity contribution is 5.66. The standard InChI is InChI=1S/C30H45F2N11O2/c1-30(2)18-20(15-21-9-8-10-42(21)30)34-27-23(32)19-33-28(35-27)41(12-11-38(3)4)24-17-25(43-29(44)40(7)36-37-43)26(16-22(24)31)45-14-13-39(5)6/h16-17,19-21H,8-15,18H2,1-7H3,(H,33,34,35)/t20-,21-/m1/s1. The second-order valence-electron chi connectivity index (χ2n) is 13.1.